The Bertz CT molecular complexity index is 392. The van der Waals surface area contributed by atoms with Gasteiger partial charge >= 0.3 is 0 Å². The van der Waals surface area contributed by atoms with Crippen LogP contribution in [0.3, 0.4) is 0 Å². The molecule has 0 radical (unpaired) electrons. The van der Waals surface area contributed by atoms with E-state index in [1.165, 1.54) is 42.6 Å². The van der Waals surface area contributed by atoms with Gasteiger partial charge < -0.3 is 10.2 Å². The first kappa shape index (κ1) is 13.6. The Morgan fingerprint density at radius 1 is 1.22 bits per heavy atom. The van der Waals surface area contributed by atoms with E-state index in [1.54, 1.807) is 0 Å². The minimum atomic E-state index is 0.457. The van der Waals surface area contributed by atoms with Crippen LogP contribution in [-0.4, -0.2) is 31.1 Å². The molecule has 1 fully saturated rings. The van der Waals surface area contributed by atoms with Crippen LogP contribution in [0.4, 0.5) is 0 Å². The zero-order chi connectivity index (χ0) is 13.1. The van der Waals surface area contributed by atoms with E-state index < -0.39 is 0 Å². The van der Waals surface area contributed by atoms with Gasteiger partial charge in [-0.1, -0.05) is 23.8 Å². The van der Waals surface area contributed by atoms with Crippen LogP contribution in [0.25, 0.3) is 0 Å². The molecule has 1 aromatic carbocycles. The van der Waals surface area contributed by atoms with Gasteiger partial charge in [-0.3, -0.25) is 0 Å². The fraction of sp³-hybridized carbons (Fsp3) is 0.625. The molecule has 2 rings (SSSR count). The Morgan fingerprint density at radius 2 is 1.89 bits per heavy atom. The third-order valence-corrected chi connectivity index (χ3v) is 4.11. The average Bonchev–Trinajstić information content (AvgIpc) is 2.35. The van der Waals surface area contributed by atoms with Gasteiger partial charge in [-0.2, -0.15) is 0 Å². The predicted octanol–water partition coefficient (Wildman–Crippen LogP) is 3.05. The molecule has 1 atom stereocenters. The molecule has 18 heavy (non-hydrogen) atoms. The van der Waals surface area contributed by atoms with Crippen molar-refractivity contribution in [3.8, 4) is 0 Å². The fourth-order valence-electron chi connectivity index (χ4n) is 2.84. The summed E-state index contributed by atoms with van der Waals surface area (Å²) in [4.78, 5) is 2.42. The maximum Gasteiger partial charge on any atom is 0.0297 e. The number of benzene rings is 1. The van der Waals surface area contributed by atoms with Crippen molar-refractivity contribution in [3.63, 3.8) is 0 Å². The molecule has 0 saturated carbocycles. The predicted molar refractivity (Wildman–Crippen MR) is 78.0 cm³/mol. The molecule has 1 aliphatic rings. The SMILES string of the molecule is Cc1ccc(C)c(C(C)NC2CCN(C)CC2)c1. The first-order valence-electron chi connectivity index (χ1n) is 7.08. The summed E-state index contributed by atoms with van der Waals surface area (Å²) in [5.41, 5.74) is 4.20. The highest BCUT2D eigenvalue weighted by molar-refractivity contribution is 5.32. The van der Waals surface area contributed by atoms with Gasteiger partial charge in [0.25, 0.3) is 0 Å². The molecule has 0 aliphatic carbocycles. The van der Waals surface area contributed by atoms with Gasteiger partial charge in [0.05, 0.1) is 0 Å². The van der Waals surface area contributed by atoms with Crippen LogP contribution in [0.15, 0.2) is 18.2 Å². The smallest absolute Gasteiger partial charge is 0.0297 e. The van der Waals surface area contributed by atoms with Gasteiger partial charge in [-0.25, -0.2) is 0 Å². The zero-order valence-electron chi connectivity index (χ0n) is 12.2. The van der Waals surface area contributed by atoms with Crippen LogP contribution in [0.5, 0.6) is 0 Å². The molecule has 2 heteroatoms. The summed E-state index contributed by atoms with van der Waals surface area (Å²) < 4.78 is 0. The number of piperidine rings is 1. The molecule has 0 amide bonds. The zero-order valence-corrected chi connectivity index (χ0v) is 12.2. The van der Waals surface area contributed by atoms with Crippen molar-refractivity contribution in [3.05, 3.63) is 34.9 Å². The minimum absolute atomic E-state index is 0.457. The van der Waals surface area contributed by atoms with Crippen molar-refractivity contribution >= 4 is 0 Å². The van der Waals surface area contributed by atoms with Crippen LogP contribution < -0.4 is 5.32 Å². The van der Waals surface area contributed by atoms with E-state index in [1.807, 2.05) is 0 Å². The van der Waals surface area contributed by atoms with E-state index in [0.717, 1.165) is 0 Å². The first-order valence-corrected chi connectivity index (χ1v) is 7.08. The lowest BCUT2D eigenvalue weighted by molar-refractivity contribution is 0.226. The molecule has 1 heterocycles. The fourth-order valence-corrected chi connectivity index (χ4v) is 2.84. The van der Waals surface area contributed by atoms with E-state index >= 15 is 0 Å². The second-order valence-electron chi connectivity index (χ2n) is 5.83. The van der Waals surface area contributed by atoms with E-state index in [-0.39, 0.29) is 0 Å². The number of nitrogens with one attached hydrogen (secondary N) is 1. The Morgan fingerprint density at radius 3 is 2.56 bits per heavy atom. The lowest BCUT2D eigenvalue weighted by Gasteiger charge is -2.32. The van der Waals surface area contributed by atoms with Gasteiger partial charge in [0.1, 0.15) is 0 Å². The van der Waals surface area contributed by atoms with Crippen molar-refractivity contribution in [2.24, 2.45) is 0 Å². The van der Waals surface area contributed by atoms with E-state index in [4.69, 9.17) is 0 Å². The Labute approximate surface area is 111 Å². The number of hydrogen-bond donors (Lipinski definition) is 1. The molecule has 0 bridgehead atoms. The molecule has 1 unspecified atom stereocenters. The molecular weight excluding hydrogens is 220 g/mol. The molecule has 1 aliphatic heterocycles. The van der Waals surface area contributed by atoms with E-state index in [2.05, 4.69) is 56.2 Å². The second-order valence-corrected chi connectivity index (χ2v) is 5.83. The highest BCUT2D eigenvalue weighted by atomic mass is 15.1. The minimum Gasteiger partial charge on any atom is -0.307 e. The maximum absolute atomic E-state index is 3.80. The number of likely N-dealkylation sites (tertiary alicyclic amines) is 1. The quantitative estimate of drug-likeness (QED) is 0.882. The number of aryl methyl sites for hydroxylation is 2. The highest BCUT2D eigenvalue weighted by Gasteiger charge is 2.19. The summed E-state index contributed by atoms with van der Waals surface area (Å²) in [5, 5.41) is 3.80. The summed E-state index contributed by atoms with van der Waals surface area (Å²) >= 11 is 0. The molecule has 1 saturated heterocycles. The molecule has 0 aromatic heterocycles. The molecule has 2 nitrogen and oxygen atoms in total. The van der Waals surface area contributed by atoms with Gasteiger partial charge in [-0.15, -0.1) is 0 Å². The van der Waals surface area contributed by atoms with Crippen molar-refractivity contribution in [2.45, 2.75) is 45.7 Å². The summed E-state index contributed by atoms with van der Waals surface area (Å²) in [6.45, 7) is 9.11. The summed E-state index contributed by atoms with van der Waals surface area (Å²) in [5.74, 6) is 0. The molecule has 1 N–H and O–H groups in total. The summed E-state index contributed by atoms with van der Waals surface area (Å²) in [6.07, 6.45) is 2.54. The largest absolute Gasteiger partial charge is 0.307 e. The van der Waals surface area contributed by atoms with Crippen LogP contribution in [0, 0.1) is 13.8 Å². The molecule has 100 valence electrons. The monoisotopic (exact) mass is 246 g/mol. The lowest BCUT2D eigenvalue weighted by Crippen LogP contribution is -2.41. The van der Waals surface area contributed by atoms with Crippen LogP contribution in [0.2, 0.25) is 0 Å². The Hall–Kier alpha value is -0.860. The molecule has 0 spiro atoms. The summed E-state index contributed by atoms with van der Waals surface area (Å²) in [6, 6.07) is 7.88. The maximum atomic E-state index is 3.80. The second kappa shape index (κ2) is 5.85. The highest BCUT2D eigenvalue weighted by Crippen LogP contribution is 2.21. The lowest BCUT2D eigenvalue weighted by atomic mass is 9.97. The van der Waals surface area contributed by atoms with Crippen LogP contribution >= 0.6 is 0 Å². The van der Waals surface area contributed by atoms with Crippen LogP contribution in [0.1, 0.15) is 42.5 Å². The first-order chi connectivity index (χ1) is 8.56. The van der Waals surface area contributed by atoms with Crippen LogP contribution in [-0.2, 0) is 0 Å². The number of hydrogen-bond acceptors (Lipinski definition) is 2. The van der Waals surface area contributed by atoms with E-state index in [0.29, 0.717) is 12.1 Å². The van der Waals surface area contributed by atoms with Crippen molar-refractivity contribution in [1.29, 1.82) is 0 Å². The van der Waals surface area contributed by atoms with E-state index in [9.17, 15) is 0 Å². The van der Waals surface area contributed by atoms with Gasteiger partial charge in [0.15, 0.2) is 0 Å². The number of rotatable bonds is 3. The standard InChI is InChI=1S/C16H26N2/c1-12-5-6-13(2)16(11-12)14(3)17-15-7-9-18(4)10-8-15/h5-6,11,14-15,17H,7-10H2,1-4H3. The topological polar surface area (TPSA) is 15.3 Å². The Balaban J connectivity index is 1.98. The van der Waals surface area contributed by atoms with Gasteiger partial charge in [0.2, 0.25) is 0 Å². The third-order valence-electron chi connectivity index (χ3n) is 4.11. The van der Waals surface area contributed by atoms with Crippen molar-refractivity contribution < 1.29 is 0 Å². The average molecular weight is 246 g/mol. The van der Waals surface area contributed by atoms with Gasteiger partial charge in [0, 0.05) is 12.1 Å². The normalized spacial score (nSPS) is 20.0. The molecule has 1 aromatic rings. The Kier molecular flexibility index (Phi) is 4.41. The van der Waals surface area contributed by atoms with Crippen molar-refractivity contribution in [2.75, 3.05) is 20.1 Å². The summed E-state index contributed by atoms with van der Waals surface area (Å²) in [7, 11) is 2.21. The molecular formula is C16H26N2. The number of nitrogens with zero attached hydrogens (tertiary/aromatic N) is 1. The third kappa shape index (κ3) is 3.33. The van der Waals surface area contributed by atoms with Gasteiger partial charge in [-0.05, 0) is 64.9 Å². The van der Waals surface area contributed by atoms with Crippen molar-refractivity contribution in [1.82, 2.24) is 10.2 Å².